The number of carbonyl (C=O) groups excluding carboxylic acids is 1. The monoisotopic (exact) mass is 243 g/mol. The molecule has 2 rings (SSSR count). The number of aromatic amines is 1. The van der Waals surface area contributed by atoms with Crippen molar-refractivity contribution in [1.82, 2.24) is 10.2 Å². The third kappa shape index (κ3) is 2.27. The summed E-state index contributed by atoms with van der Waals surface area (Å²) in [6, 6.07) is 4.12. The van der Waals surface area contributed by atoms with Crippen LogP contribution < -0.4 is 5.32 Å². The highest BCUT2D eigenvalue weighted by molar-refractivity contribution is 6.05. The molecule has 0 aliphatic heterocycles. The summed E-state index contributed by atoms with van der Waals surface area (Å²) in [6.07, 6.45) is 1.55. The van der Waals surface area contributed by atoms with Crippen LogP contribution in [0.1, 0.15) is 32.7 Å². The number of anilines is 1. The molecule has 1 heterocycles. The van der Waals surface area contributed by atoms with Crippen LogP contribution in [0.3, 0.4) is 0 Å². The van der Waals surface area contributed by atoms with Crippen molar-refractivity contribution in [3.05, 3.63) is 46.3 Å². The third-order valence-corrected chi connectivity index (χ3v) is 2.99. The second kappa shape index (κ2) is 4.64. The molecule has 2 aromatic rings. The number of carbonyl (C=O) groups is 1. The van der Waals surface area contributed by atoms with Gasteiger partial charge in [-0.2, -0.15) is 5.10 Å². The maximum Gasteiger partial charge on any atom is 0.259 e. The lowest BCUT2D eigenvalue weighted by atomic mass is 10.0. The van der Waals surface area contributed by atoms with E-state index in [1.165, 1.54) is 5.56 Å². The smallest absolute Gasteiger partial charge is 0.259 e. The quantitative estimate of drug-likeness (QED) is 0.852. The molecule has 0 aliphatic carbocycles. The van der Waals surface area contributed by atoms with E-state index >= 15 is 0 Å². The van der Waals surface area contributed by atoms with Crippen molar-refractivity contribution in [2.24, 2.45) is 0 Å². The first kappa shape index (κ1) is 12.4. The summed E-state index contributed by atoms with van der Waals surface area (Å²) >= 11 is 0. The Morgan fingerprint density at radius 3 is 2.28 bits per heavy atom. The van der Waals surface area contributed by atoms with Gasteiger partial charge in [0.2, 0.25) is 0 Å². The number of hydrogen-bond donors (Lipinski definition) is 2. The molecule has 0 unspecified atom stereocenters. The molecular formula is C14H17N3O. The maximum absolute atomic E-state index is 12.1. The minimum atomic E-state index is -0.128. The summed E-state index contributed by atoms with van der Waals surface area (Å²) in [7, 11) is 0. The Labute approximate surface area is 106 Å². The second-order valence-electron chi connectivity index (χ2n) is 4.64. The molecule has 0 fully saturated rings. The van der Waals surface area contributed by atoms with E-state index in [2.05, 4.69) is 27.6 Å². The number of aryl methyl sites for hydroxylation is 4. The topological polar surface area (TPSA) is 57.8 Å². The molecule has 2 N–H and O–H groups in total. The van der Waals surface area contributed by atoms with Crippen LogP contribution in [0, 0.1) is 27.7 Å². The maximum atomic E-state index is 12.1. The van der Waals surface area contributed by atoms with Crippen molar-refractivity contribution in [2.75, 3.05) is 5.32 Å². The second-order valence-corrected chi connectivity index (χ2v) is 4.64. The molecule has 0 radical (unpaired) electrons. The Kier molecular flexibility index (Phi) is 3.19. The van der Waals surface area contributed by atoms with Gasteiger partial charge in [0, 0.05) is 11.4 Å². The van der Waals surface area contributed by atoms with E-state index in [0.717, 1.165) is 22.5 Å². The SMILES string of the molecule is Cc1cc(C)c(NC(=O)c2cn[nH]c2C)c(C)c1. The molecule has 1 aromatic heterocycles. The van der Waals surface area contributed by atoms with E-state index < -0.39 is 0 Å². The van der Waals surface area contributed by atoms with Crippen molar-refractivity contribution in [3.8, 4) is 0 Å². The number of H-pyrrole nitrogens is 1. The first-order valence-corrected chi connectivity index (χ1v) is 5.88. The van der Waals surface area contributed by atoms with Gasteiger partial charge in [0.15, 0.2) is 0 Å². The fourth-order valence-electron chi connectivity index (χ4n) is 2.14. The van der Waals surface area contributed by atoms with Gasteiger partial charge >= 0.3 is 0 Å². The van der Waals surface area contributed by atoms with Gasteiger partial charge in [0.1, 0.15) is 0 Å². The van der Waals surface area contributed by atoms with Gasteiger partial charge in [-0.3, -0.25) is 9.89 Å². The van der Waals surface area contributed by atoms with E-state index in [1.807, 2.05) is 27.7 Å². The predicted molar refractivity (Wildman–Crippen MR) is 71.9 cm³/mol. The van der Waals surface area contributed by atoms with Gasteiger partial charge in [-0.05, 0) is 38.8 Å². The van der Waals surface area contributed by atoms with Crippen LogP contribution in [0.2, 0.25) is 0 Å². The number of amides is 1. The van der Waals surface area contributed by atoms with Crippen molar-refractivity contribution in [2.45, 2.75) is 27.7 Å². The average molecular weight is 243 g/mol. The number of nitrogens with one attached hydrogen (secondary N) is 2. The van der Waals surface area contributed by atoms with Gasteiger partial charge in [-0.25, -0.2) is 0 Å². The summed E-state index contributed by atoms with van der Waals surface area (Å²) in [5.41, 5.74) is 5.57. The molecule has 0 bridgehead atoms. The summed E-state index contributed by atoms with van der Waals surface area (Å²) in [5, 5.41) is 9.57. The van der Waals surface area contributed by atoms with Crippen molar-refractivity contribution >= 4 is 11.6 Å². The van der Waals surface area contributed by atoms with Crippen LogP contribution in [0.15, 0.2) is 18.3 Å². The highest BCUT2D eigenvalue weighted by atomic mass is 16.1. The number of benzene rings is 1. The fourth-order valence-corrected chi connectivity index (χ4v) is 2.14. The van der Waals surface area contributed by atoms with Crippen LogP contribution in [0.25, 0.3) is 0 Å². The van der Waals surface area contributed by atoms with E-state index in [-0.39, 0.29) is 5.91 Å². The van der Waals surface area contributed by atoms with Crippen LogP contribution in [-0.4, -0.2) is 16.1 Å². The number of rotatable bonds is 2. The summed E-state index contributed by atoms with van der Waals surface area (Å²) < 4.78 is 0. The molecule has 0 saturated carbocycles. The van der Waals surface area contributed by atoms with Crippen LogP contribution in [0.5, 0.6) is 0 Å². The zero-order valence-corrected chi connectivity index (χ0v) is 11.1. The standard InChI is InChI=1S/C14H17N3O/c1-8-5-9(2)13(10(3)6-8)16-14(18)12-7-15-17-11(12)4/h5-7H,1-4H3,(H,15,17)(H,16,18). The molecule has 0 aliphatic rings. The van der Waals surface area contributed by atoms with E-state index in [1.54, 1.807) is 6.20 Å². The molecule has 0 atom stereocenters. The van der Waals surface area contributed by atoms with Crippen LogP contribution in [0.4, 0.5) is 5.69 Å². The molecule has 18 heavy (non-hydrogen) atoms. The molecule has 0 spiro atoms. The van der Waals surface area contributed by atoms with Gasteiger partial charge in [0.25, 0.3) is 5.91 Å². The Balaban J connectivity index is 2.31. The van der Waals surface area contributed by atoms with Crippen molar-refractivity contribution < 1.29 is 4.79 Å². The molecular weight excluding hydrogens is 226 g/mol. The first-order chi connectivity index (χ1) is 8.49. The number of hydrogen-bond acceptors (Lipinski definition) is 2. The van der Waals surface area contributed by atoms with Crippen molar-refractivity contribution in [3.63, 3.8) is 0 Å². The average Bonchev–Trinajstić information content (AvgIpc) is 2.69. The Hall–Kier alpha value is -2.10. The van der Waals surface area contributed by atoms with Crippen LogP contribution >= 0.6 is 0 Å². The number of aromatic nitrogens is 2. The molecule has 94 valence electrons. The normalized spacial score (nSPS) is 10.4. The number of nitrogens with zero attached hydrogens (tertiary/aromatic N) is 1. The lowest BCUT2D eigenvalue weighted by molar-refractivity contribution is 0.102. The zero-order chi connectivity index (χ0) is 13.3. The molecule has 1 aromatic carbocycles. The highest BCUT2D eigenvalue weighted by Gasteiger charge is 2.13. The molecule has 0 saturated heterocycles. The predicted octanol–water partition coefficient (Wildman–Crippen LogP) is 2.90. The Morgan fingerprint density at radius 2 is 1.78 bits per heavy atom. The summed E-state index contributed by atoms with van der Waals surface area (Å²) in [4.78, 5) is 12.1. The van der Waals surface area contributed by atoms with E-state index in [4.69, 9.17) is 0 Å². The molecule has 4 nitrogen and oxygen atoms in total. The minimum Gasteiger partial charge on any atom is -0.321 e. The first-order valence-electron chi connectivity index (χ1n) is 5.88. The van der Waals surface area contributed by atoms with Gasteiger partial charge < -0.3 is 5.32 Å². The largest absolute Gasteiger partial charge is 0.321 e. The fraction of sp³-hybridized carbons (Fsp3) is 0.286. The lowest BCUT2D eigenvalue weighted by Crippen LogP contribution is -2.14. The highest BCUT2D eigenvalue weighted by Crippen LogP contribution is 2.22. The molecule has 1 amide bonds. The van der Waals surface area contributed by atoms with Gasteiger partial charge in [-0.1, -0.05) is 17.7 Å². The zero-order valence-electron chi connectivity index (χ0n) is 11.1. The van der Waals surface area contributed by atoms with Gasteiger partial charge in [-0.15, -0.1) is 0 Å². The van der Waals surface area contributed by atoms with E-state index in [9.17, 15) is 4.79 Å². The molecule has 4 heteroatoms. The van der Waals surface area contributed by atoms with E-state index in [0.29, 0.717) is 5.56 Å². The Morgan fingerprint density at radius 1 is 1.17 bits per heavy atom. The van der Waals surface area contributed by atoms with Crippen LogP contribution in [-0.2, 0) is 0 Å². The van der Waals surface area contributed by atoms with Gasteiger partial charge in [0.05, 0.1) is 11.8 Å². The lowest BCUT2D eigenvalue weighted by Gasteiger charge is -2.12. The minimum absolute atomic E-state index is 0.128. The van der Waals surface area contributed by atoms with Crippen molar-refractivity contribution in [1.29, 1.82) is 0 Å². The summed E-state index contributed by atoms with van der Waals surface area (Å²) in [6.45, 7) is 7.87. The third-order valence-electron chi connectivity index (χ3n) is 2.99. The Bertz CT molecular complexity index is 576. The summed E-state index contributed by atoms with van der Waals surface area (Å²) in [5.74, 6) is -0.128.